The van der Waals surface area contributed by atoms with Crippen LogP contribution in [-0.2, 0) is 17.4 Å². The van der Waals surface area contributed by atoms with Crippen LogP contribution in [-0.4, -0.2) is 91.5 Å². The molecule has 0 aliphatic carbocycles. The molecule has 48 heavy (non-hydrogen) atoms. The van der Waals surface area contributed by atoms with Crippen LogP contribution in [0.15, 0.2) is 48.9 Å². The van der Waals surface area contributed by atoms with Gasteiger partial charge in [0.1, 0.15) is 5.15 Å². The number of anilines is 1. The summed E-state index contributed by atoms with van der Waals surface area (Å²) in [6.07, 6.45) is 0.515. The van der Waals surface area contributed by atoms with E-state index < -0.39 is 17.8 Å². The van der Waals surface area contributed by atoms with Gasteiger partial charge in [0.25, 0.3) is 11.8 Å². The maximum Gasteiger partial charge on any atom is 0.435 e. The van der Waals surface area contributed by atoms with E-state index in [0.717, 1.165) is 30.6 Å². The summed E-state index contributed by atoms with van der Waals surface area (Å²) in [4.78, 5) is 53.1. The van der Waals surface area contributed by atoms with Crippen LogP contribution >= 0.6 is 23.2 Å². The molecule has 2 aliphatic heterocycles. The molecule has 5 heterocycles. The zero-order chi connectivity index (χ0) is 34.0. The third kappa shape index (κ3) is 7.48. The zero-order valence-electron chi connectivity index (χ0n) is 25.4. The van der Waals surface area contributed by atoms with Gasteiger partial charge in [0, 0.05) is 80.1 Å². The van der Waals surface area contributed by atoms with Crippen LogP contribution in [0.1, 0.15) is 50.8 Å². The number of carbonyl (C=O) groups excluding carboxylic acids is 3. The number of rotatable bonds is 7. The molecule has 0 atom stereocenters. The number of hydrogen-bond donors (Lipinski definition) is 3. The first-order valence-corrected chi connectivity index (χ1v) is 15.9. The number of aromatic nitrogens is 5. The third-order valence-electron chi connectivity index (χ3n) is 8.28. The quantitative estimate of drug-likeness (QED) is 0.242. The first-order chi connectivity index (χ1) is 23.0. The SMILES string of the molecule is O=C(Nc1ccc(C(=O)N2CCN(C(=O)C3CCNCC3)CC2)c(Cl)c1)c1ncc(Cc2cn(-c3ccnc(Cl)c3)nc2C(F)(F)F)[nH]1. The van der Waals surface area contributed by atoms with Crippen LogP contribution in [0.3, 0.4) is 0 Å². The highest BCUT2D eigenvalue weighted by Crippen LogP contribution is 2.33. The second-order valence-corrected chi connectivity index (χ2v) is 12.3. The number of hydrogen-bond acceptors (Lipinski definition) is 7. The number of amides is 3. The lowest BCUT2D eigenvalue weighted by atomic mass is 9.96. The smallest absolute Gasteiger partial charge is 0.339 e. The molecule has 252 valence electrons. The number of H-pyrrole nitrogens is 1. The van der Waals surface area contributed by atoms with Crippen molar-refractivity contribution in [3.63, 3.8) is 0 Å². The first kappa shape index (κ1) is 33.4. The number of nitrogens with zero attached hydrogens (tertiary/aromatic N) is 6. The van der Waals surface area contributed by atoms with Crippen molar-refractivity contribution in [3.8, 4) is 5.69 Å². The fourth-order valence-electron chi connectivity index (χ4n) is 5.80. The number of aromatic amines is 1. The zero-order valence-corrected chi connectivity index (χ0v) is 26.9. The average Bonchev–Trinajstić information content (AvgIpc) is 3.73. The van der Waals surface area contributed by atoms with Gasteiger partial charge >= 0.3 is 6.18 Å². The van der Waals surface area contributed by atoms with Gasteiger partial charge in [-0.05, 0) is 50.2 Å². The van der Waals surface area contributed by atoms with E-state index in [9.17, 15) is 27.6 Å². The predicted molar refractivity (Wildman–Crippen MR) is 170 cm³/mol. The second kappa shape index (κ2) is 13.9. The van der Waals surface area contributed by atoms with E-state index in [2.05, 4.69) is 30.7 Å². The number of halogens is 5. The van der Waals surface area contributed by atoms with Crippen molar-refractivity contribution in [2.45, 2.75) is 25.4 Å². The molecule has 3 N–H and O–H groups in total. The van der Waals surface area contributed by atoms with Gasteiger partial charge in [-0.2, -0.15) is 18.3 Å². The summed E-state index contributed by atoms with van der Waals surface area (Å²) in [5, 5.41) is 9.82. The Morgan fingerprint density at radius 2 is 1.71 bits per heavy atom. The van der Waals surface area contributed by atoms with Crippen molar-refractivity contribution in [3.05, 3.63) is 87.4 Å². The molecule has 0 unspecified atom stereocenters. The van der Waals surface area contributed by atoms with Gasteiger partial charge < -0.3 is 25.4 Å². The molecular weight excluding hydrogens is 674 g/mol. The van der Waals surface area contributed by atoms with Crippen molar-refractivity contribution < 1.29 is 27.6 Å². The highest BCUT2D eigenvalue weighted by atomic mass is 35.5. The summed E-state index contributed by atoms with van der Waals surface area (Å²) < 4.78 is 42.5. The maximum atomic E-state index is 13.8. The Hall–Kier alpha value is -4.47. The number of piperazine rings is 1. The second-order valence-electron chi connectivity index (χ2n) is 11.5. The lowest BCUT2D eigenvalue weighted by Crippen LogP contribution is -2.52. The highest BCUT2D eigenvalue weighted by molar-refractivity contribution is 6.34. The Balaban J connectivity index is 1.07. The molecule has 0 radical (unpaired) electrons. The molecule has 2 aliphatic rings. The number of benzene rings is 1. The van der Waals surface area contributed by atoms with Crippen molar-refractivity contribution in [1.82, 2.24) is 39.8 Å². The summed E-state index contributed by atoms with van der Waals surface area (Å²) in [6, 6.07) is 7.31. The summed E-state index contributed by atoms with van der Waals surface area (Å²) in [5.41, 5.74) is -0.156. The monoisotopic (exact) mass is 703 g/mol. The Morgan fingerprint density at radius 3 is 2.40 bits per heavy atom. The Labute approximate surface area is 282 Å². The fraction of sp³-hybridized carbons (Fsp3) is 0.355. The molecule has 3 amide bonds. The Bertz CT molecular complexity index is 1830. The van der Waals surface area contributed by atoms with Gasteiger partial charge in [0.05, 0.1) is 16.3 Å². The van der Waals surface area contributed by atoms with Crippen LogP contribution in [0.4, 0.5) is 18.9 Å². The summed E-state index contributed by atoms with van der Waals surface area (Å²) >= 11 is 12.3. The average molecular weight is 705 g/mol. The van der Waals surface area contributed by atoms with Crippen molar-refractivity contribution in [1.29, 1.82) is 0 Å². The number of nitrogens with one attached hydrogen (secondary N) is 3. The molecule has 0 saturated carbocycles. The van der Waals surface area contributed by atoms with Crippen LogP contribution in [0.5, 0.6) is 0 Å². The minimum atomic E-state index is -4.73. The number of piperidine rings is 1. The lowest BCUT2D eigenvalue weighted by molar-refractivity contribution is -0.142. The molecule has 2 saturated heterocycles. The molecule has 1 aromatic carbocycles. The minimum absolute atomic E-state index is 0.0179. The Kier molecular flexibility index (Phi) is 9.71. The van der Waals surface area contributed by atoms with Gasteiger partial charge in [0.2, 0.25) is 5.91 Å². The number of alkyl halides is 3. The molecule has 6 rings (SSSR count). The van der Waals surface area contributed by atoms with Gasteiger partial charge in [-0.3, -0.25) is 14.4 Å². The van der Waals surface area contributed by atoms with E-state index in [-0.39, 0.29) is 62.7 Å². The summed E-state index contributed by atoms with van der Waals surface area (Å²) in [5.74, 6) is -0.927. The van der Waals surface area contributed by atoms with Gasteiger partial charge in [0.15, 0.2) is 11.5 Å². The molecule has 0 bridgehead atoms. The maximum absolute atomic E-state index is 13.8. The van der Waals surface area contributed by atoms with Crippen LogP contribution in [0.2, 0.25) is 10.2 Å². The fourth-order valence-corrected chi connectivity index (χ4v) is 6.23. The van der Waals surface area contributed by atoms with Crippen LogP contribution < -0.4 is 10.6 Å². The predicted octanol–water partition coefficient (Wildman–Crippen LogP) is 4.44. The van der Waals surface area contributed by atoms with Crippen LogP contribution in [0.25, 0.3) is 5.69 Å². The largest absolute Gasteiger partial charge is 0.435 e. The van der Waals surface area contributed by atoms with E-state index in [4.69, 9.17) is 23.2 Å². The number of imidazole rings is 1. The summed E-state index contributed by atoms with van der Waals surface area (Å²) in [6.45, 7) is 3.32. The van der Waals surface area contributed by atoms with Crippen molar-refractivity contribution in [2.24, 2.45) is 5.92 Å². The molecule has 12 nitrogen and oxygen atoms in total. The molecule has 4 aromatic rings. The van der Waals surface area contributed by atoms with E-state index in [0.29, 0.717) is 31.9 Å². The topological polar surface area (TPSA) is 141 Å². The van der Waals surface area contributed by atoms with Crippen molar-refractivity contribution in [2.75, 3.05) is 44.6 Å². The number of pyridine rings is 1. The molecular formula is C31H30Cl2F3N9O3. The molecule has 3 aromatic heterocycles. The molecule has 17 heteroatoms. The summed E-state index contributed by atoms with van der Waals surface area (Å²) in [7, 11) is 0. The third-order valence-corrected chi connectivity index (χ3v) is 8.80. The molecule has 0 spiro atoms. The normalized spacial score (nSPS) is 15.9. The first-order valence-electron chi connectivity index (χ1n) is 15.2. The minimum Gasteiger partial charge on any atom is -0.339 e. The highest BCUT2D eigenvalue weighted by Gasteiger charge is 2.37. The van der Waals surface area contributed by atoms with E-state index in [1.165, 1.54) is 48.9 Å². The van der Waals surface area contributed by atoms with Crippen LogP contribution in [0, 0.1) is 5.92 Å². The lowest BCUT2D eigenvalue weighted by Gasteiger charge is -2.37. The van der Waals surface area contributed by atoms with E-state index in [1.54, 1.807) is 4.90 Å². The standard InChI is InChI=1S/C31H30Cl2F3N9O3/c32-24-14-20(1-2-23(24)30(48)44-11-9-43(10-12-44)29(47)18-3-6-37-7-4-18)41-28(46)27-39-16-21(40-27)13-19-17-45(42-26(19)31(34,35)36)22-5-8-38-25(33)15-22/h1-2,5,8,14-18,37H,3-4,6-7,9-13H2,(H,39,40)(H,41,46). The van der Waals surface area contributed by atoms with Crippen molar-refractivity contribution >= 4 is 46.6 Å². The van der Waals surface area contributed by atoms with E-state index >= 15 is 0 Å². The van der Waals surface area contributed by atoms with E-state index in [1.807, 2.05) is 4.90 Å². The molecule has 2 fully saturated rings. The Morgan fingerprint density at radius 1 is 0.979 bits per heavy atom. The van der Waals surface area contributed by atoms with Gasteiger partial charge in [-0.25, -0.2) is 14.6 Å². The van der Waals surface area contributed by atoms with Gasteiger partial charge in [-0.15, -0.1) is 0 Å². The number of carbonyl (C=O) groups is 3. The van der Waals surface area contributed by atoms with Gasteiger partial charge in [-0.1, -0.05) is 23.2 Å².